The van der Waals surface area contributed by atoms with E-state index >= 15 is 0 Å². The van der Waals surface area contributed by atoms with Gasteiger partial charge in [0.2, 0.25) is 15.0 Å². The third-order valence-electron chi connectivity index (χ3n) is 5.08. The van der Waals surface area contributed by atoms with Crippen molar-refractivity contribution in [1.82, 2.24) is 10.2 Å². The third kappa shape index (κ3) is 3.51. The SMILES string of the molecule is O=C(Nc1nnc(Cc2ccccc2)s1)c1ccc2c(c1)S(=O)(=O)c1ccccc1C2=O. The number of carbonyl (C=O) groups is 2. The van der Waals surface area contributed by atoms with Gasteiger partial charge in [-0.15, -0.1) is 10.2 Å². The Morgan fingerprint density at radius 3 is 2.41 bits per heavy atom. The van der Waals surface area contributed by atoms with Crippen LogP contribution in [0.15, 0.2) is 82.6 Å². The average Bonchev–Trinajstić information content (AvgIpc) is 3.24. The first-order chi connectivity index (χ1) is 15.4. The number of anilines is 1. The van der Waals surface area contributed by atoms with Crippen molar-refractivity contribution in [1.29, 1.82) is 0 Å². The molecule has 4 aromatic rings. The van der Waals surface area contributed by atoms with Crippen molar-refractivity contribution in [2.24, 2.45) is 0 Å². The number of sulfone groups is 1. The highest BCUT2D eigenvalue weighted by Crippen LogP contribution is 2.35. The Kier molecular flexibility index (Phi) is 4.91. The van der Waals surface area contributed by atoms with Crippen molar-refractivity contribution in [3.63, 3.8) is 0 Å². The number of carbonyl (C=O) groups excluding carboxylic acids is 2. The molecule has 9 heteroatoms. The molecule has 0 atom stereocenters. The molecule has 0 aliphatic carbocycles. The summed E-state index contributed by atoms with van der Waals surface area (Å²) in [7, 11) is -3.92. The van der Waals surface area contributed by atoms with E-state index in [1.54, 1.807) is 12.1 Å². The van der Waals surface area contributed by atoms with Gasteiger partial charge in [0.15, 0.2) is 5.78 Å². The first kappa shape index (κ1) is 20.2. The van der Waals surface area contributed by atoms with Gasteiger partial charge in [-0.25, -0.2) is 8.42 Å². The van der Waals surface area contributed by atoms with E-state index in [1.165, 1.54) is 41.7 Å². The Morgan fingerprint density at radius 2 is 1.59 bits per heavy atom. The first-order valence-electron chi connectivity index (χ1n) is 9.64. The van der Waals surface area contributed by atoms with Gasteiger partial charge in [-0.2, -0.15) is 0 Å². The molecule has 1 aromatic heterocycles. The zero-order chi connectivity index (χ0) is 22.3. The zero-order valence-electron chi connectivity index (χ0n) is 16.5. The summed E-state index contributed by atoms with van der Waals surface area (Å²) in [5.74, 6) is -0.913. The smallest absolute Gasteiger partial charge is 0.257 e. The van der Waals surface area contributed by atoms with Crippen LogP contribution in [0.3, 0.4) is 0 Å². The lowest BCUT2D eigenvalue weighted by Gasteiger charge is -2.19. The zero-order valence-corrected chi connectivity index (χ0v) is 18.1. The maximum absolute atomic E-state index is 13.0. The fourth-order valence-electron chi connectivity index (χ4n) is 3.54. The molecular weight excluding hydrogens is 446 g/mol. The second kappa shape index (κ2) is 7.77. The first-order valence-corrected chi connectivity index (χ1v) is 11.9. The standard InChI is InChI=1S/C23H15N3O4S2/c27-21-16-8-4-5-9-18(16)32(29,30)19-13-15(10-11-17(19)21)22(28)24-23-26-25-20(31-23)12-14-6-2-1-3-7-14/h1-11,13H,12H2,(H,24,26,28). The normalized spacial score (nSPS) is 13.8. The van der Waals surface area contributed by atoms with Gasteiger partial charge in [0.05, 0.1) is 9.79 Å². The number of ketones is 1. The lowest BCUT2D eigenvalue weighted by atomic mass is 10.0. The summed E-state index contributed by atoms with van der Waals surface area (Å²) < 4.78 is 26.1. The number of benzene rings is 3. The number of rotatable bonds is 4. The molecule has 0 saturated heterocycles. The third-order valence-corrected chi connectivity index (χ3v) is 7.78. The number of hydrogen-bond acceptors (Lipinski definition) is 7. The molecule has 0 spiro atoms. The number of fused-ring (bicyclic) bond motifs is 2. The van der Waals surface area contributed by atoms with Crippen molar-refractivity contribution in [2.75, 3.05) is 5.32 Å². The van der Waals surface area contributed by atoms with Crippen LogP contribution in [-0.4, -0.2) is 30.3 Å². The Balaban J connectivity index is 1.41. The van der Waals surface area contributed by atoms with Gasteiger partial charge >= 0.3 is 0 Å². The predicted octanol–water partition coefficient (Wildman–Crippen LogP) is 3.76. The van der Waals surface area contributed by atoms with E-state index in [4.69, 9.17) is 0 Å². The lowest BCUT2D eigenvalue weighted by Crippen LogP contribution is -2.21. The molecule has 0 fully saturated rings. The molecule has 0 radical (unpaired) electrons. The summed E-state index contributed by atoms with van der Waals surface area (Å²) in [6.45, 7) is 0. The van der Waals surface area contributed by atoms with Gasteiger partial charge in [-0.05, 0) is 35.9 Å². The largest absolute Gasteiger partial charge is 0.296 e. The Morgan fingerprint density at radius 1 is 0.875 bits per heavy atom. The maximum Gasteiger partial charge on any atom is 0.257 e. The van der Waals surface area contributed by atoms with Crippen LogP contribution < -0.4 is 5.32 Å². The summed E-state index contributed by atoms with van der Waals surface area (Å²) in [4.78, 5) is 25.3. The van der Waals surface area contributed by atoms with Crippen LogP contribution in [0.1, 0.15) is 36.9 Å². The molecule has 7 nitrogen and oxygen atoms in total. The maximum atomic E-state index is 13.0. The number of nitrogens with zero attached hydrogens (tertiary/aromatic N) is 2. The molecule has 0 unspecified atom stereocenters. The number of amides is 1. The predicted molar refractivity (Wildman–Crippen MR) is 119 cm³/mol. The molecule has 3 aromatic carbocycles. The van der Waals surface area contributed by atoms with E-state index in [2.05, 4.69) is 15.5 Å². The highest BCUT2D eigenvalue weighted by molar-refractivity contribution is 7.91. The molecule has 1 amide bonds. The minimum atomic E-state index is -3.92. The van der Waals surface area contributed by atoms with Crippen molar-refractivity contribution in [3.8, 4) is 0 Å². The Hall–Kier alpha value is -3.69. The van der Waals surface area contributed by atoms with Gasteiger partial charge in [-0.1, -0.05) is 53.8 Å². The summed E-state index contributed by atoms with van der Waals surface area (Å²) in [5, 5.41) is 11.8. The minimum absolute atomic E-state index is 0.0512. The molecule has 32 heavy (non-hydrogen) atoms. The van der Waals surface area contributed by atoms with Gasteiger partial charge in [0.25, 0.3) is 5.91 Å². The summed E-state index contributed by atoms with van der Waals surface area (Å²) in [5.41, 5.74) is 1.38. The summed E-state index contributed by atoms with van der Waals surface area (Å²) in [6, 6.07) is 19.9. The molecule has 158 valence electrons. The fourth-order valence-corrected chi connectivity index (χ4v) is 5.99. The van der Waals surface area contributed by atoms with Gasteiger partial charge in [0.1, 0.15) is 5.01 Å². The number of aromatic nitrogens is 2. The second-order valence-corrected chi connectivity index (χ2v) is 10.1. The quantitative estimate of drug-likeness (QED) is 0.437. The second-order valence-electron chi connectivity index (χ2n) is 7.16. The monoisotopic (exact) mass is 461 g/mol. The van der Waals surface area contributed by atoms with Crippen molar-refractivity contribution < 1.29 is 18.0 Å². The highest BCUT2D eigenvalue weighted by atomic mass is 32.2. The van der Waals surface area contributed by atoms with E-state index in [9.17, 15) is 18.0 Å². The van der Waals surface area contributed by atoms with Crippen molar-refractivity contribution in [3.05, 3.63) is 100 Å². The molecular formula is C23H15N3O4S2. The molecule has 5 rings (SSSR count). The van der Waals surface area contributed by atoms with Crippen LogP contribution in [0.4, 0.5) is 5.13 Å². The van der Waals surface area contributed by atoms with Crippen molar-refractivity contribution in [2.45, 2.75) is 16.2 Å². The van der Waals surface area contributed by atoms with Crippen LogP contribution in [-0.2, 0) is 16.3 Å². The molecule has 1 aliphatic heterocycles. The van der Waals surface area contributed by atoms with Gasteiger partial charge in [-0.3, -0.25) is 14.9 Å². The van der Waals surface area contributed by atoms with Crippen LogP contribution in [0, 0.1) is 0 Å². The van der Waals surface area contributed by atoms with E-state index in [-0.39, 0.29) is 32.3 Å². The number of nitrogens with one attached hydrogen (secondary N) is 1. The topological polar surface area (TPSA) is 106 Å². The van der Waals surface area contributed by atoms with Crippen molar-refractivity contribution >= 4 is 38.0 Å². The summed E-state index contributed by atoms with van der Waals surface area (Å²) >= 11 is 1.24. The lowest BCUT2D eigenvalue weighted by molar-refractivity contribution is 0.101. The van der Waals surface area contributed by atoms with E-state index in [0.717, 1.165) is 10.6 Å². The fraction of sp³-hybridized carbons (Fsp3) is 0.0435. The average molecular weight is 462 g/mol. The summed E-state index contributed by atoms with van der Waals surface area (Å²) in [6.07, 6.45) is 0.590. The molecule has 2 heterocycles. The van der Waals surface area contributed by atoms with Crippen LogP contribution in [0.2, 0.25) is 0 Å². The minimum Gasteiger partial charge on any atom is -0.296 e. The Bertz CT molecular complexity index is 1480. The molecule has 1 N–H and O–H groups in total. The van der Waals surface area contributed by atoms with Crippen LogP contribution in [0.5, 0.6) is 0 Å². The van der Waals surface area contributed by atoms with Gasteiger partial charge < -0.3 is 0 Å². The van der Waals surface area contributed by atoms with Crippen LogP contribution in [0.25, 0.3) is 0 Å². The molecule has 0 saturated carbocycles. The van der Waals surface area contributed by atoms with Gasteiger partial charge in [0, 0.05) is 23.1 Å². The Labute approximate surface area is 187 Å². The van der Waals surface area contributed by atoms with E-state index < -0.39 is 15.7 Å². The van der Waals surface area contributed by atoms with Crippen LogP contribution >= 0.6 is 11.3 Å². The molecule has 1 aliphatic rings. The van der Waals surface area contributed by atoms with E-state index in [0.29, 0.717) is 11.6 Å². The number of hydrogen-bond donors (Lipinski definition) is 1. The highest BCUT2D eigenvalue weighted by Gasteiger charge is 2.35. The van der Waals surface area contributed by atoms with E-state index in [1.807, 2.05) is 30.3 Å². The molecule has 0 bridgehead atoms.